The molecular formula is C19H24N6O4. The zero-order valence-electron chi connectivity index (χ0n) is 16.5. The van der Waals surface area contributed by atoms with Gasteiger partial charge in [0.05, 0.1) is 19.9 Å². The number of hydrogen-bond acceptors (Lipinski definition) is 7. The van der Waals surface area contributed by atoms with Crippen LogP contribution in [0.5, 0.6) is 11.5 Å². The van der Waals surface area contributed by atoms with Crippen molar-refractivity contribution in [2.75, 3.05) is 14.2 Å². The molecule has 1 aliphatic heterocycles. The molecule has 154 valence electrons. The molecule has 10 nitrogen and oxygen atoms in total. The van der Waals surface area contributed by atoms with Crippen LogP contribution in [0, 0.1) is 5.41 Å². The lowest BCUT2D eigenvalue weighted by molar-refractivity contribution is 0.0973. The highest BCUT2D eigenvalue weighted by Crippen LogP contribution is 2.41. The molecule has 0 bridgehead atoms. The molecule has 3 rings (SSSR count). The Bertz CT molecular complexity index is 1020. The van der Waals surface area contributed by atoms with Crippen LogP contribution in [0.1, 0.15) is 35.3 Å². The van der Waals surface area contributed by atoms with Crippen LogP contribution in [-0.4, -0.2) is 30.7 Å². The number of methoxy groups -OCH3 is 2. The predicted molar refractivity (Wildman–Crippen MR) is 108 cm³/mol. The van der Waals surface area contributed by atoms with Crippen molar-refractivity contribution < 1.29 is 14.3 Å². The second-order valence-electron chi connectivity index (χ2n) is 6.57. The van der Waals surface area contributed by atoms with Crippen LogP contribution in [0.15, 0.2) is 29.2 Å². The minimum Gasteiger partial charge on any atom is -0.493 e. The van der Waals surface area contributed by atoms with Crippen LogP contribution < -0.4 is 37.0 Å². The van der Waals surface area contributed by atoms with Gasteiger partial charge in [-0.3, -0.25) is 31.6 Å². The minimum absolute atomic E-state index is 0.0558. The highest BCUT2D eigenvalue weighted by atomic mass is 16.5. The first-order chi connectivity index (χ1) is 13.9. The Labute approximate surface area is 167 Å². The lowest BCUT2D eigenvalue weighted by atomic mass is 9.90. The topological polar surface area (TPSA) is 143 Å². The van der Waals surface area contributed by atoms with Gasteiger partial charge in [-0.2, -0.15) is 5.53 Å². The predicted octanol–water partition coefficient (Wildman–Crippen LogP) is 0.672. The third-order valence-electron chi connectivity index (χ3n) is 4.97. The number of rotatable bonds is 5. The molecule has 0 unspecified atom stereocenters. The van der Waals surface area contributed by atoms with Crippen molar-refractivity contribution in [1.82, 2.24) is 20.8 Å². The van der Waals surface area contributed by atoms with Crippen molar-refractivity contribution in [3.63, 3.8) is 0 Å². The zero-order chi connectivity index (χ0) is 21.1. The van der Waals surface area contributed by atoms with E-state index in [1.54, 1.807) is 20.4 Å². The Morgan fingerprint density at radius 2 is 1.97 bits per heavy atom. The molecule has 0 saturated carbocycles. The van der Waals surface area contributed by atoms with Gasteiger partial charge in [0.2, 0.25) is 5.96 Å². The van der Waals surface area contributed by atoms with Gasteiger partial charge in [0.15, 0.2) is 16.9 Å². The number of hydrazine groups is 2. The lowest BCUT2D eigenvalue weighted by Gasteiger charge is -2.31. The average molecular weight is 400 g/mol. The Morgan fingerprint density at radius 3 is 2.59 bits per heavy atom. The largest absolute Gasteiger partial charge is 0.493 e. The smallest absolute Gasteiger partial charge is 0.263 e. The maximum Gasteiger partial charge on any atom is 0.263 e. The van der Waals surface area contributed by atoms with Gasteiger partial charge in [-0.25, -0.2) is 0 Å². The van der Waals surface area contributed by atoms with Crippen molar-refractivity contribution in [2.24, 2.45) is 5.84 Å². The highest BCUT2D eigenvalue weighted by Gasteiger charge is 2.27. The summed E-state index contributed by atoms with van der Waals surface area (Å²) in [5.74, 6) is 5.19. The maximum absolute atomic E-state index is 12.7. The van der Waals surface area contributed by atoms with E-state index in [0.717, 1.165) is 24.0 Å². The summed E-state index contributed by atoms with van der Waals surface area (Å²) in [5.41, 5.74) is 6.38. The number of nitrogens with two attached hydrogens (primary N) is 1. The van der Waals surface area contributed by atoms with Crippen LogP contribution in [0.3, 0.4) is 0 Å². The van der Waals surface area contributed by atoms with Gasteiger partial charge in [0, 0.05) is 23.9 Å². The summed E-state index contributed by atoms with van der Waals surface area (Å²) in [6, 6.07) is 5.28. The van der Waals surface area contributed by atoms with Crippen LogP contribution >= 0.6 is 0 Å². The highest BCUT2D eigenvalue weighted by molar-refractivity contribution is 6.04. The van der Waals surface area contributed by atoms with Crippen LogP contribution in [0.25, 0.3) is 11.3 Å². The first kappa shape index (κ1) is 20.4. The Morgan fingerprint density at radius 1 is 1.28 bits per heavy atom. The number of pyridine rings is 1. The number of ether oxygens (including phenoxy) is 2. The second kappa shape index (κ2) is 8.33. The summed E-state index contributed by atoms with van der Waals surface area (Å²) in [7, 11) is 3.14. The summed E-state index contributed by atoms with van der Waals surface area (Å²) in [6.45, 7) is 2.05. The maximum atomic E-state index is 12.7. The molecule has 0 spiro atoms. The van der Waals surface area contributed by atoms with Crippen molar-refractivity contribution in [1.29, 1.82) is 5.41 Å². The standard InChI is InChI=1S/C19H24N6O4/c1-4-11-5-10-6-16(28-2)17(29-3)7-12(10)14-8-15(26)13(9-25(11)14)18(27)22-19(20)23-24-21/h6-9,11,24H,4-5,21H2,1-3H3,(H3,20,22,23,27)/t11-/m1/s1. The third kappa shape index (κ3) is 3.80. The first-order valence-electron chi connectivity index (χ1n) is 9.06. The third-order valence-corrected chi connectivity index (χ3v) is 4.97. The van der Waals surface area contributed by atoms with Gasteiger partial charge in [0.25, 0.3) is 5.91 Å². The van der Waals surface area contributed by atoms with Crippen molar-refractivity contribution in [3.05, 3.63) is 45.7 Å². The normalized spacial score (nSPS) is 14.4. The van der Waals surface area contributed by atoms with Crippen LogP contribution in [0.4, 0.5) is 0 Å². The molecule has 2 aromatic rings. The number of aromatic nitrogens is 1. The van der Waals surface area contributed by atoms with E-state index < -0.39 is 11.3 Å². The van der Waals surface area contributed by atoms with Crippen LogP contribution in [-0.2, 0) is 6.42 Å². The van der Waals surface area contributed by atoms with Crippen molar-refractivity contribution in [3.8, 4) is 22.8 Å². The van der Waals surface area contributed by atoms with Crippen LogP contribution in [0.2, 0.25) is 0 Å². The van der Waals surface area contributed by atoms with E-state index in [1.807, 2.05) is 29.2 Å². The van der Waals surface area contributed by atoms with E-state index >= 15 is 0 Å². The minimum atomic E-state index is -0.689. The van der Waals surface area contributed by atoms with Crippen molar-refractivity contribution >= 4 is 11.9 Å². The number of carbonyl (C=O) groups excluding carboxylic acids is 1. The molecule has 1 aliphatic rings. The Balaban J connectivity index is 2.11. The van der Waals surface area contributed by atoms with E-state index in [-0.39, 0.29) is 17.6 Å². The molecule has 10 heteroatoms. The van der Waals surface area contributed by atoms with Gasteiger partial charge in [-0.15, -0.1) is 0 Å². The first-order valence-corrected chi connectivity index (χ1v) is 9.06. The number of hydrogen-bond donors (Lipinski definition) is 5. The molecule has 1 aromatic carbocycles. The molecule has 0 saturated heterocycles. The second-order valence-corrected chi connectivity index (χ2v) is 6.57. The fourth-order valence-corrected chi connectivity index (χ4v) is 3.54. The molecule has 29 heavy (non-hydrogen) atoms. The van der Waals surface area contributed by atoms with Gasteiger partial charge in [-0.1, -0.05) is 6.92 Å². The van der Waals surface area contributed by atoms with Gasteiger partial charge in [-0.05, 0) is 30.5 Å². The van der Waals surface area contributed by atoms with E-state index in [1.165, 1.54) is 6.07 Å². The average Bonchev–Trinajstić information content (AvgIpc) is 2.71. The summed E-state index contributed by atoms with van der Waals surface area (Å²) in [4.78, 5) is 25.1. The van der Waals surface area contributed by atoms with Crippen molar-refractivity contribution in [2.45, 2.75) is 25.8 Å². The summed E-state index contributed by atoms with van der Waals surface area (Å²) in [5, 5.41) is 9.83. The Hall–Kier alpha value is -3.37. The van der Waals surface area contributed by atoms with Gasteiger partial charge < -0.3 is 14.0 Å². The summed E-state index contributed by atoms with van der Waals surface area (Å²) >= 11 is 0. The molecule has 1 atom stereocenters. The number of guanidine groups is 1. The summed E-state index contributed by atoms with van der Waals surface area (Å²) < 4.78 is 12.7. The van der Waals surface area contributed by atoms with Gasteiger partial charge in [0.1, 0.15) is 5.56 Å². The number of nitrogens with one attached hydrogen (secondary N) is 4. The quantitative estimate of drug-likeness (QED) is 0.215. The van der Waals surface area contributed by atoms with E-state index in [9.17, 15) is 9.59 Å². The molecule has 1 amide bonds. The van der Waals surface area contributed by atoms with Gasteiger partial charge >= 0.3 is 0 Å². The number of amides is 1. The molecule has 0 radical (unpaired) electrons. The molecule has 0 aliphatic carbocycles. The Kier molecular flexibility index (Phi) is 5.85. The molecule has 2 heterocycles. The lowest BCUT2D eigenvalue weighted by Crippen LogP contribution is -2.50. The molecule has 0 fully saturated rings. The monoisotopic (exact) mass is 400 g/mol. The number of benzene rings is 1. The fourth-order valence-electron chi connectivity index (χ4n) is 3.54. The number of fused-ring (bicyclic) bond motifs is 3. The summed E-state index contributed by atoms with van der Waals surface area (Å²) in [6.07, 6.45) is 3.07. The molecule has 6 N–H and O–H groups in total. The SMILES string of the molecule is CC[C@@H]1Cc2cc(OC)c(OC)cc2-c2cc(=O)c(C(=O)NC(=N)NNN)cn21. The van der Waals surface area contributed by atoms with E-state index in [4.69, 9.17) is 20.7 Å². The fraction of sp³-hybridized carbons (Fsp3) is 0.316. The molecular weight excluding hydrogens is 376 g/mol. The number of carbonyl (C=O) groups is 1. The molecule has 1 aromatic heterocycles. The van der Waals surface area contributed by atoms with E-state index in [2.05, 4.69) is 10.7 Å². The number of nitrogens with zero attached hydrogens (tertiary/aromatic N) is 1. The van der Waals surface area contributed by atoms with E-state index in [0.29, 0.717) is 17.2 Å². The zero-order valence-corrected chi connectivity index (χ0v) is 16.5.